The second-order valence-electron chi connectivity index (χ2n) is 5.53. The number of nitrogens with zero attached hydrogens (tertiary/aromatic N) is 3. The van der Waals surface area contributed by atoms with Crippen molar-refractivity contribution in [3.05, 3.63) is 30.5 Å². The van der Waals surface area contributed by atoms with Gasteiger partial charge in [0.25, 0.3) is 0 Å². The van der Waals surface area contributed by atoms with Gasteiger partial charge in [0.05, 0.1) is 17.2 Å². The number of aromatic nitrogens is 2. The molecule has 1 spiro atoms. The largest absolute Gasteiger partial charge is 0.509 e. The van der Waals surface area contributed by atoms with Gasteiger partial charge in [0, 0.05) is 25.9 Å². The van der Waals surface area contributed by atoms with Crippen LogP contribution < -0.4 is 4.90 Å². The lowest BCUT2D eigenvalue weighted by Crippen LogP contribution is -2.46. The summed E-state index contributed by atoms with van der Waals surface area (Å²) in [6, 6.07) is 7.83. The lowest BCUT2D eigenvalue weighted by Gasteiger charge is -2.36. The van der Waals surface area contributed by atoms with Crippen molar-refractivity contribution in [3.63, 3.8) is 0 Å². The van der Waals surface area contributed by atoms with Crippen molar-refractivity contribution in [2.24, 2.45) is 0 Å². The van der Waals surface area contributed by atoms with Gasteiger partial charge in [-0.05, 0) is 12.1 Å². The highest BCUT2D eigenvalue weighted by atomic mass is 16.8. The van der Waals surface area contributed by atoms with Gasteiger partial charge in [-0.15, -0.1) is 0 Å². The number of carbonyl (C=O) groups is 1. The number of ether oxygens (including phenoxy) is 2. The molecule has 0 amide bonds. The van der Waals surface area contributed by atoms with Gasteiger partial charge in [-0.3, -0.25) is 4.98 Å². The molecular formula is C15H15N3O3. The van der Waals surface area contributed by atoms with Crippen molar-refractivity contribution < 1.29 is 14.3 Å². The molecule has 0 aliphatic carbocycles. The summed E-state index contributed by atoms with van der Waals surface area (Å²) in [6.07, 6.45) is 2.77. The van der Waals surface area contributed by atoms with Crippen LogP contribution in [0.4, 0.5) is 10.6 Å². The van der Waals surface area contributed by atoms with E-state index in [1.54, 1.807) is 6.20 Å². The average Bonchev–Trinajstić information content (AvgIpc) is 2.88. The van der Waals surface area contributed by atoms with Crippen molar-refractivity contribution in [2.45, 2.75) is 18.4 Å². The Morgan fingerprint density at radius 2 is 1.90 bits per heavy atom. The van der Waals surface area contributed by atoms with Gasteiger partial charge in [0.15, 0.2) is 5.60 Å². The summed E-state index contributed by atoms with van der Waals surface area (Å²) in [5.74, 6) is 0.869. The Balaban J connectivity index is 1.53. The zero-order valence-electron chi connectivity index (χ0n) is 11.5. The lowest BCUT2D eigenvalue weighted by molar-refractivity contribution is 0.0366. The fourth-order valence-corrected chi connectivity index (χ4v) is 2.92. The van der Waals surface area contributed by atoms with E-state index in [1.807, 2.05) is 24.3 Å². The summed E-state index contributed by atoms with van der Waals surface area (Å²) < 4.78 is 10.3. The van der Waals surface area contributed by atoms with E-state index in [9.17, 15) is 4.79 Å². The van der Waals surface area contributed by atoms with E-state index in [0.29, 0.717) is 6.61 Å². The van der Waals surface area contributed by atoms with Crippen LogP contribution in [0.2, 0.25) is 0 Å². The van der Waals surface area contributed by atoms with Gasteiger partial charge in [-0.1, -0.05) is 12.1 Å². The van der Waals surface area contributed by atoms with Crippen LogP contribution >= 0.6 is 0 Å². The second-order valence-corrected chi connectivity index (χ2v) is 5.53. The predicted molar refractivity (Wildman–Crippen MR) is 76.1 cm³/mol. The van der Waals surface area contributed by atoms with E-state index in [2.05, 4.69) is 14.9 Å². The number of carbonyl (C=O) groups excluding carboxylic acids is 1. The molecule has 4 rings (SSSR count). The van der Waals surface area contributed by atoms with Crippen LogP contribution in [-0.2, 0) is 9.47 Å². The number of benzene rings is 1. The Bertz CT molecular complexity index is 695. The summed E-state index contributed by atoms with van der Waals surface area (Å²) in [5, 5.41) is 0. The Morgan fingerprint density at radius 3 is 2.62 bits per heavy atom. The van der Waals surface area contributed by atoms with Crippen LogP contribution in [0.5, 0.6) is 0 Å². The van der Waals surface area contributed by atoms with E-state index in [4.69, 9.17) is 9.47 Å². The molecule has 2 aliphatic rings. The first-order valence-corrected chi connectivity index (χ1v) is 7.07. The van der Waals surface area contributed by atoms with Gasteiger partial charge in [0.2, 0.25) is 0 Å². The summed E-state index contributed by atoms with van der Waals surface area (Å²) in [6.45, 7) is 1.93. The first-order chi connectivity index (χ1) is 10.2. The van der Waals surface area contributed by atoms with Gasteiger partial charge in [0.1, 0.15) is 12.4 Å². The highest BCUT2D eigenvalue weighted by Gasteiger charge is 2.44. The van der Waals surface area contributed by atoms with Crippen LogP contribution in [0.25, 0.3) is 11.0 Å². The molecule has 0 radical (unpaired) electrons. The van der Waals surface area contributed by atoms with Gasteiger partial charge in [-0.2, -0.15) is 0 Å². The number of cyclic esters (lactones) is 1. The SMILES string of the molecule is O=C1OCC2(CCN(c3cnc4ccccc4n3)CC2)O1. The monoisotopic (exact) mass is 285 g/mol. The fraction of sp³-hybridized carbons (Fsp3) is 0.400. The molecule has 2 aromatic rings. The Labute approximate surface area is 121 Å². The van der Waals surface area contributed by atoms with E-state index < -0.39 is 11.8 Å². The summed E-state index contributed by atoms with van der Waals surface area (Å²) in [7, 11) is 0. The number of hydrogen-bond acceptors (Lipinski definition) is 6. The molecule has 2 saturated heterocycles. The number of piperidine rings is 1. The van der Waals surface area contributed by atoms with Gasteiger partial charge >= 0.3 is 6.16 Å². The Morgan fingerprint density at radius 1 is 1.14 bits per heavy atom. The standard InChI is InChI=1S/C15H15N3O3/c19-14-20-10-15(21-14)5-7-18(8-6-15)13-9-16-11-3-1-2-4-12(11)17-13/h1-4,9H,5-8,10H2. The molecular weight excluding hydrogens is 270 g/mol. The number of rotatable bonds is 1. The highest BCUT2D eigenvalue weighted by molar-refractivity contribution is 5.75. The van der Waals surface area contributed by atoms with Crippen LogP contribution in [0, 0.1) is 0 Å². The van der Waals surface area contributed by atoms with Gasteiger partial charge < -0.3 is 14.4 Å². The van der Waals surface area contributed by atoms with Crippen LogP contribution in [0.1, 0.15) is 12.8 Å². The topological polar surface area (TPSA) is 64.5 Å². The maximum Gasteiger partial charge on any atom is 0.509 e. The normalized spacial score (nSPS) is 20.6. The van der Waals surface area contributed by atoms with Crippen LogP contribution in [-0.4, -0.2) is 41.4 Å². The molecule has 21 heavy (non-hydrogen) atoms. The zero-order chi connectivity index (χ0) is 14.3. The predicted octanol–water partition coefficient (Wildman–Crippen LogP) is 2.14. The first-order valence-electron chi connectivity index (χ1n) is 7.07. The maximum atomic E-state index is 11.1. The third kappa shape index (κ3) is 2.16. The molecule has 2 aliphatic heterocycles. The molecule has 0 bridgehead atoms. The van der Waals surface area contributed by atoms with E-state index in [-0.39, 0.29) is 0 Å². The Hall–Kier alpha value is -2.37. The quantitative estimate of drug-likeness (QED) is 0.748. The van der Waals surface area contributed by atoms with Crippen LogP contribution in [0.15, 0.2) is 30.5 Å². The van der Waals surface area contributed by atoms with Crippen molar-refractivity contribution in [1.82, 2.24) is 9.97 Å². The third-order valence-corrected chi connectivity index (χ3v) is 4.19. The highest BCUT2D eigenvalue weighted by Crippen LogP contribution is 2.33. The average molecular weight is 285 g/mol. The number of para-hydroxylation sites is 2. The summed E-state index contributed by atoms with van der Waals surface area (Å²) in [4.78, 5) is 22.4. The molecule has 0 N–H and O–H groups in total. The van der Waals surface area contributed by atoms with Crippen molar-refractivity contribution >= 4 is 23.0 Å². The molecule has 0 saturated carbocycles. The zero-order valence-corrected chi connectivity index (χ0v) is 11.5. The van der Waals surface area contributed by atoms with Crippen molar-refractivity contribution in [2.75, 3.05) is 24.6 Å². The summed E-state index contributed by atoms with van der Waals surface area (Å²) in [5.41, 5.74) is 1.36. The number of anilines is 1. The van der Waals surface area contributed by atoms with Crippen molar-refractivity contribution in [1.29, 1.82) is 0 Å². The fourth-order valence-electron chi connectivity index (χ4n) is 2.92. The van der Waals surface area contributed by atoms with E-state index >= 15 is 0 Å². The molecule has 0 unspecified atom stereocenters. The molecule has 3 heterocycles. The molecule has 0 atom stereocenters. The molecule has 2 fully saturated rings. The summed E-state index contributed by atoms with van der Waals surface area (Å²) >= 11 is 0. The third-order valence-electron chi connectivity index (χ3n) is 4.19. The first kappa shape index (κ1) is 12.4. The molecule has 6 heteroatoms. The number of fused-ring (bicyclic) bond motifs is 1. The smallest absolute Gasteiger partial charge is 0.430 e. The van der Waals surface area contributed by atoms with Gasteiger partial charge in [-0.25, -0.2) is 9.78 Å². The minimum atomic E-state index is -0.547. The van der Waals surface area contributed by atoms with E-state index in [0.717, 1.165) is 42.8 Å². The molecule has 1 aromatic heterocycles. The lowest BCUT2D eigenvalue weighted by atomic mass is 9.92. The molecule has 1 aromatic carbocycles. The van der Waals surface area contributed by atoms with E-state index in [1.165, 1.54) is 0 Å². The molecule has 108 valence electrons. The molecule has 6 nitrogen and oxygen atoms in total. The van der Waals surface area contributed by atoms with Crippen molar-refractivity contribution in [3.8, 4) is 0 Å². The number of hydrogen-bond donors (Lipinski definition) is 0. The minimum Gasteiger partial charge on any atom is -0.430 e. The minimum absolute atomic E-state index is 0.364. The Kier molecular flexibility index (Phi) is 2.70. The van der Waals surface area contributed by atoms with Crippen LogP contribution in [0.3, 0.4) is 0 Å². The maximum absolute atomic E-state index is 11.1. The second kappa shape index (κ2) is 4.58.